The molecule has 1 aromatic heterocycles. The molecule has 0 spiro atoms. The minimum Gasteiger partial charge on any atom is -0.376 e. The molecular formula is C10H16N4O2. The van der Waals surface area contributed by atoms with Crippen molar-refractivity contribution in [3.63, 3.8) is 0 Å². The van der Waals surface area contributed by atoms with Gasteiger partial charge in [-0.2, -0.15) is 5.10 Å². The lowest BCUT2D eigenvalue weighted by atomic mass is 10.2. The van der Waals surface area contributed by atoms with E-state index in [1.807, 2.05) is 6.07 Å². The first-order chi connectivity index (χ1) is 7.84. The van der Waals surface area contributed by atoms with E-state index in [9.17, 15) is 4.79 Å². The maximum absolute atomic E-state index is 11.4. The number of H-pyrrole nitrogens is 1. The minimum atomic E-state index is -0.176. The second-order valence-corrected chi connectivity index (χ2v) is 3.78. The summed E-state index contributed by atoms with van der Waals surface area (Å²) < 4.78 is 5.40. The summed E-state index contributed by atoms with van der Waals surface area (Å²) >= 11 is 0. The summed E-state index contributed by atoms with van der Waals surface area (Å²) in [6.07, 6.45) is 3.95. The van der Waals surface area contributed by atoms with Crippen LogP contribution in [0.3, 0.4) is 0 Å². The van der Waals surface area contributed by atoms with E-state index >= 15 is 0 Å². The lowest BCUT2D eigenvalue weighted by molar-refractivity contribution is 0.111. The quantitative estimate of drug-likeness (QED) is 0.692. The second-order valence-electron chi connectivity index (χ2n) is 3.78. The van der Waals surface area contributed by atoms with Crippen LogP contribution < -0.4 is 10.6 Å². The van der Waals surface area contributed by atoms with Crippen molar-refractivity contribution in [2.45, 2.75) is 25.5 Å². The molecule has 1 aliphatic heterocycles. The summed E-state index contributed by atoms with van der Waals surface area (Å²) in [5.74, 6) is 0. The number of hydrogen-bond donors (Lipinski definition) is 3. The first-order valence-electron chi connectivity index (χ1n) is 5.46. The van der Waals surface area contributed by atoms with Crippen molar-refractivity contribution in [2.75, 3.05) is 13.2 Å². The van der Waals surface area contributed by atoms with Crippen molar-refractivity contribution in [3.8, 4) is 0 Å². The average molecular weight is 224 g/mol. The van der Waals surface area contributed by atoms with Gasteiger partial charge in [-0.15, -0.1) is 0 Å². The van der Waals surface area contributed by atoms with Gasteiger partial charge in [0.15, 0.2) is 0 Å². The number of rotatable bonds is 4. The van der Waals surface area contributed by atoms with Gasteiger partial charge in [0.25, 0.3) is 0 Å². The lowest BCUT2D eigenvalue weighted by Crippen LogP contribution is -2.39. The van der Waals surface area contributed by atoms with Gasteiger partial charge in [0.1, 0.15) is 0 Å². The molecule has 0 aliphatic carbocycles. The van der Waals surface area contributed by atoms with E-state index in [0.717, 1.165) is 25.1 Å². The molecule has 1 atom stereocenters. The zero-order valence-corrected chi connectivity index (χ0v) is 9.03. The maximum Gasteiger partial charge on any atom is 0.315 e. The monoisotopic (exact) mass is 224 g/mol. The van der Waals surface area contributed by atoms with Crippen molar-refractivity contribution < 1.29 is 9.53 Å². The largest absolute Gasteiger partial charge is 0.376 e. The molecule has 3 N–H and O–H groups in total. The Kier molecular flexibility index (Phi) is 3.76. The summed E-state index contributed by atoms with van der Waals surface area (Å²) in [6.45, 7) is 1.84. The number of hydrogen-bond acceptors (Lipinski definition) is 3. The molecule has 2 amide bonds. The van der Waals surface area contributed by atoms with Crippen LogP contribution in [0.5, 0.6) is 0 Å². The minimum absolute atomic E-state index is 0.176. The number of carbonyl (C=O) groups excluding carboxylic acids is 1. The molecule has 1 unspecified atom stereocenters. The second kappa shape index (κ2) is 5.50. The molecule has 6 nitrogen and oxygen atoms in total. The van der Waals surface area contributed by atoms with Gasteiger partial charge in [0.05, 0.1) is 18.3 Å². The highest BCUT2D eigenvalue weighted by Gasteiger charge is 2.15. The maximum atomic E-state index is 11.4. The van der Waals surface area contributed by atoms with Gasteiger partial charge in [-0.1, -0.05) is 0 Å². The first kappa shape index (κ1) is 10.9. The third-order valence-corrected chi connectivity index (χ3v) is 2.51. The molecule has 6 heteroatoms. The van der Waals surface area contributed by atoms with Gasteiger partial charge in [0, 0.05) is 19.3 Å². The summed E-state index contributed by atoms with van der Waals surface area (Å²) in [6, 6.07) is 1.64. The zero-order chi connectivity index (χ0) is 11.2. The topological polar surface area (TPSA) is 79.0 Å². The Labute approximate surface area is 93.8 Å². The fourth-order valence-corrected chi connectivity index (χ4v) is 1.63. The van der Waals surface area contributed by atoms with Crippen LogP contribution in [0.25, 0.3) is 0 Å². The SMILES string of the molecule is O=C(NCc1ccn[nH]1)NCC1CCCO1. The van der Waals surface area contributed by atoms with Crippen molar-refractivity contribution >= 4 is 6.03 Å². The van der Waals surface area contributed by atoms with Gasteiger partial charge < -0.3 is 15.4 Å². The van der Waals surface area contributed by atoms with Gasteiger partial charge in [-0.3, -0.25) is 5.10 Å². The van der Waals surface area contributed by atoms with E-state index in [-0.39, 0.29) is 12.1 Å². The third-order valence-electron chi connectivity index (χ3n) is 2.51. The molecule has 2 heterocycles. The number of amides is 2. The van der Waals surface area contributed by atoms with Crippen LogP contribution in [0.15, 0.2) is 12.3 Å². The number of nitrogens with one attached hydrogen (secondary N) is 3. The summed E-state index contributed by atoms with van der Waals surface area (Å²) in [5, 5.41) is 12.1. The van der Waals surface area contributed by atoms with Crippen LogP contribution in [0.4, 0.5) is 4.79 Å². The molecular weight excluding hydrogens is 208 g/mol. The van der Waals surface area contributed by atoms with Crippen molar-refractivity contribution in [2.24, 2.45) is 0 Å². The normalized spacial score (nSPS) is 19.6. The van der Waals surface area contributed by atoms with Gasteiger partial charge in [-0.25, -0.2) is 4.79 Å². The van der Waals surface area contributed by atoms with E-state index in [4.69, 9.17) is 4.74 Å². The molecule has 16 heavy (non-hydrogen) atoms. The van der Waals surface area contributed by atoms with E-state index in [1.165, 1.54) is 0 Å². The van der Waals surface area contributed by atoms with Crippen molar-refractivity contribution in [3.05, 3.63) is 18.0 Å². The first-order valence-corrected chi connectivity index (χ1v) is 5.46. The van der Waals surface area contributed by atoms with E-state index in [2.05, 4.69) is 20.8 Å². The summed E-state index contributed by atoms with van der Waals surface area (Å²) in [4.78, 5) is 11.4. The smallest absolute Gasteiger partial charge is 0.315 e. The molecule has 0 saturated carbocycles. The summed E-state index contributed by atoms with van der Waals surface area (Å²) in [7, 11) is 0. The Bertz CT molecular complexity index is 320. The van der Waals surface area contributed by atoms with Crippen LogP contribution in [-0.2, 0) is 11.3 Å². The van der Waals surface area contributed by atoms with Gasteiger partial charge >= 0.3 is 6.03 Å². The van der Waals surface area contributed by atoms with E-state index in [1.54, 1.807) is 6.20 Å². The predicted octanol–water partition coefficient (Wildman–Crippen LogP) is 0.388. The number of aromatic nitrogens is 2. The van der Waals surface area contributed by atoms with E-state index in [0.29, 0.717) is 13.1 Å². The Balaban J connectivity index is 1.60. The highest BCUT2D eigenvalue weighted by atomic mass is 16.5. The van der Waals surface area contributed by atoms with Crippen LogP contribution in [-0.4, -0.2) is 35.5 Å². The van der Waals surface area contributed by atoms with Crippen molar-refractivity contribution in [1.82, 2.24) is 20.8 Å². The summed E-state index contributed by atoms with van der Waals surface area (Å²) in [5.41, 5.74) is 0.882. The van der Waals surface area contributed by atoms with Crippen LogP contribution >= 0.6 is 0 Å². The Morgan fingerprint density at radius 1 is 1.62 bits per heavy atom. The molecule has 0 aromatic carbocycles. The number of nitrogens with zero attached hydrogens (tertiary/aromatic N) is 1. The van der Waals surface area contributed by atoms with Crippen LogP contribution in [0, 0.1) is 0 Å². The van der Waals surface area contributed by atoms with Crippen molar-refractivity contribution in [1.29, 1.82) is 0 Å². The molecule has 1 saturated heterocycles. The molecule has 1 aromatic rings. The Morgan fingerprint density at radius 3 is 3.25 bits per heavy atom. The number of aromatic amines is 1. The van der Waals surface area contributed by atoms with Crippen LogP contribution in [0.1, 0.15) is 18.5 Å². The Morgan fingerprint density at radius 2 is 2.56 bits per heavy atom. The van der Waals surface area contributed by atoms with E-state index < -0.39 is 0 Å². The predicted molar refractivity (Wildman–Crippen MR) is 57.8 cm³/mol. The van der Waals surface area contributed by atoms with Crippen LogP contribution in [0.2, 0.25) is 0 Å². The molecule has 1 fully saturated rings. The number of ether oxygens (including phenoxy) is 1. The molecule has 88 valence electrons. The highest BCUT2D eigenvalue weighted by molar-refractivity contribution is 5.73. The standard InChI is InChI=1S/C10H16N4O2/c15-10(11-6-8-3-4-13-14-8)12-7-9-2-1-5-16-9/h3-4,9H,1-2,5-7H2,(H,13,14)(H2,11,12,15). The zero-order valence-electron chi connectivity index (χ0n) is 9.03. The molecule has 0 radical (unpaired) electrons. The molecule has 0 bridgehead atoms. The molecule has 2 rings (SSSR count). The fourth-order valence-electron chi connectivity index (χ4n) is 1.63. The van der Waals surface area contributed by atoms with Gasteiger partial charge in [-0.05, 0) is 18.9 Å². The highest BCUT2D eigenvalue weighted by Crippen LogP contribution is 2.10. The Hall–Kier alpha value is -1.56. The third kappa shape index (κ3) is 3.23. The number of carbonyl (C=O) groups is 1. The lowest BCUT2D eigenvalue weighted by Gasteiger charge is -2.11. The molecule has 1 aliphatic rings. The average Bonchev–Trinajstić information content (AvgIpc) is 2.96. The van der Waals surface area contributed by atoms with Gasteiger partial charge in [0.2, 0.25) is 0 Å². The number of urea groups is 1. The fraction of sp³-hybridized carbons (Fsp3) is 0.600.